The molecular formula is C10H10BrF3O2. The molecule has 0 fully saturated rings. The molecule has 2 nitrogen and oxygen atoms in total. The number of hydrogen-bond donors (Lipinski definition) is 2. The predicted octanol–water partition coefficient (Wildman–Crippen LogP) is 2.93. The van der Waals surface area contributed by atoms with Gasteiger partial charge in [0.05, 0.1) is 19.1 Å². The highest BCUT2D eigenvalue weighted by Gasteiger charge is 2.32. The first-order chi connectivity index (χ1) is 7.33. The lowest BCUT2D eigenvalue weighted by Crippen LogP contribution is -2.14. The summed E-state index contributed by atoms with van der Waals surface area (Å²) >= 11 is 3.10. The van der Waals surface area contributed by atoms with Crippen LogP contribution < -0.4 is 0 Å². The molecule has 1 aromatic carbocycles. The van der Waals surface area contributed by atoms with E-state index in [1.807, 2.05) is 0 Å². The second-order valence-corrected chi connectivity index (χ2v) is 4.25. The highest BCUT2D eigenvalue weighted by molar-refractivity contribution is 9.10. The number of alkyl halides is 3. The van der Waals surface area contributed by atoms with Gasteiger partial charge in [0.2, 0.25) is 0 Å². The Bertz CT molecular complexity index is 366. The normalized spacial score (nSPS) is 13.9. The van der Waals surface area contributed by atoms with E-state index < -0.39 is 25.3 Å². The summed E-state index contributed by atoms with van der Waals surface area (Å²) in [6.45, 7) is -0.405. The number of aliphatic hydroxyl groups is 2. The summed E-state index contributed by atoms with van der Waals surface area (Å²) in [5.41, 5.74) is 0.383. The molecule has 1 rings (SSSR count). The summed E-state index contributed by atoms with van der Waals surface area (Å²) < 4.78 is 36.8. The molecule has 0 aliphatic rings. The molecule has 0 amide bonds. The van der Waals surface area contributed by atoms with Crippen LogP contribution in [0.3, 0.4) is 0 Å². The van der Waals surface area contributed by atoms with Crippen LogP contribution in [0.5, 0.6) is 0 Å². The van der Waals surface area contributed by atoms with E-state index in [0.717, 1.165) is 0 Å². The van der Waals surface area contributed by atoms with E-state index in [1.54, 1.807) is 6.07 Å². The van der Waals surface area contributed by atoms with Gasteiger partial charge < -0.3 is 10.2 Å². The van der Waals surface area contributed by atoms with Gasteiger partial charge >= 0.3 is 6.18 Å². The Hall–Kier alpha value is -0.590. The van der Waals surface area contributed by atoms with Gasteiger partial charge in [-0.3, -0.25) is 0 Å². The van der Waals surface area contributed by atoms with Crippen molar-refractivity contribution >= 4 is 15.9 Å². The molecule has 0 aromatic heterocycles. The van der Waals surface area contributed by atoms with Gasteiger partial charge in [0, 0.05) is 4.47 Å². The molecule has 2 N–H and O–H groups in total. The predicted molar refractivity (Wildman–Crippen MR) is 55.7 cm³/mol. The van der Waals surface area contributed by atoms with Crippen molar-refractivity contribution in [2.24, 2.45) is 0 Å². The van der Waals surface area contributed by atoms with Crippen molar-refractivity contribution in [1.82, 2.24) is 0 Å². The maximum atomic E-state index is 12.1. The summed E-state index contributed by atoms with van der Waals surface area (Å²) in [4.78, 5) is 0. The monoisotopic (exact) mass is 298 g/mol. The maximum absolute atomic E-state index is 12.1. The molecule has 0 heterocycles. The van der Waals surface area contributed by atoms with E-state index in [4.69, 9.17) is 5.11 Å². The highest BCUT2D eigenvalue weighted by Crippen LogP contribution is 2.32. The number of rotatable bonds is 3. The Morgan fingerprint density at radius 3 is 2.44 bits per heavy atom. The Morgan fingerprint density at radius 1 is 1.31 bits per heavy atom. The number of aliphatic hydroxyl groups excluding tert-OH is 2. The summed E-state index contributed by atoms with van der Waals surface area (Å²) in [7, 11) is 0. The molecular weight excluding hydrogens is 289 g/mol. The van der Waals surface area contributed by atoms with Gasteiger partial charge in [0.1, 0.15) is 0 Å². The lowest BCUT2D eigenvalue weighted by atomic mass is 10.0. The first-order valence-corrected chi connectivity index (χ1v) is 5.27. The van der Waals surface area contributed by atoms with Gasteiger partial charge in [-0.15, -0.1) is 0 Å². The Morgan fingerprint density at radius 2 is 1.94 bits per heavy atom. The lowest BCUT2D eigenvalue weighted by Gasteiger charge is -2.16. The smallest absolute Gasteiger partial charge is 0.391 e. The molecule has 1 atom stereocenters. The van der Waals surface area contributed by atoms with Crippen molar-refractivity contribution in [3.05, 3.63) is 33.8 Å². The van der Waals surface area contributed by atoms with Crippen molar-refractivity contribution in [3.63, 3.8) is 0 Å². The fourth-order valence-electron chi connectivity index (χ4n) is 1.35. The molecule has 0 aliphatic heterocycles. The van der Waals surface area contributed by atoms with Crippen LogP contribution in [-0.2, 0) is 6.61 Å². The highest BCUT2D eigenvalue weighted by atomic mass is 79.9. The van der Waals surface area contributed by atoms with Crippen molar-refractivity contribution in [2.45, 2.75) is 25.3 Å². The van der Waals surface area contributed by atoms with Gasteiger partial charge in [-0.2, -0.15) is 13.2 Å². The number of benzene rings is 1. The molecule has 0 aliphatic carbocycles. The summed E-state index contributed by atoms with van der Waals surface area (Å²) in [6.07, 6.45) is -7.41. The second-order valence-electron chi connectivity index (χ2n) is 3.34. The summed E-state index contributed by atoms with van der Waals surface area (Å²) in [6, 6.07) is 4.44. The minimum absolute atomic E-state index is 0.0919. The van der Waals surface area contributed by atoms with E-state index >= 15 is 0 Å². The number of halogens is 4. The van der Waals surface area contributed by atoms with Gasteiger partial charge in [-0.25, -0.2) is 0 Å². The average Bonchev–Trinajstić information content (AvgIpc) is 2.15. The molecule has 16 heavy (non-hydrogen) atoms. The van der Waals surface area contributed by atoms with Crippen LogP contribution in [0.15, 0.2) is 22.7 Å². The zero-order valence-electron chi connectivity index (χ0n) is 8.13. The van der Waals surface area contributed by atoms with Gasteiger partial charge in [0.25, 0.3) is 0 Å². The molecule has 90 valence electrons. The Balaban J connectivity index is 2.97. The third-order valence-electron chi connectivity index (χ3n) is 2.06. The Labute approximate surface area is 98.8 Å². The lowest BCUT2D eigenvalue weighted by molar-refractivity contribution is -0.154. The zero-order chi connectivity index (χ0) is 12.3. The van der Waals surface area contributed by atoms with Crippen LogP contribution in [0.25, 0.3) is 0 Å². The molecule has 0 bridgehead atoms. The van der Waals surface area contributed by atoms with Gasteiger partial charge in [-0.1, -0.05) is 22.0 Å². The minimum Gasteiger partial charge on any atom is -0.392 e. The van der Waals surface area contributed by atoms with Crippen molar-refractivity contribution in [1.29, 1.82) is 0 Å². The first-order valence-electron chi connectivity index (χ1n) is 4.47. The quantitative estimate of drug-likeness (QED) is 0.901. The molecule has 1 aromatic rings. The van der Waals surface area contributed by atoms with Crippen LogP contribution in [0.1, 0.15) is 23.7 Å². The van der Waals surface area contributed by atoms with E-state index in [1.165, 1.54) is 12.1 Å². The topological polar surface area (TPSA) is 40.5 Å². The molecule has 0 saturated carbocycles. The van der Waals surface area contributed by atoms with E-state index in [0.29, 0.717) is 10.0 Å². The Kier molecular flexibility index (Phi) is 4.35. The van der Waals surface area contributed by atoms with Crippen molar-refractivity contribution < 1.29 is 23.4 Å². The molecule has 1 unspecified atom stereocenters. The van der Waals surface area contributed by atoms with E-state index in [9.17, 15) is 18.3 Å². The van der Waals surface area contributed by atoms with Gasteiger partial charge in [-0.05, 0) is 23.3 Å². The second kappa shape index (κ2) is 5.16. The largest absolute Gasteiger partial charge is 0.392 e. The number of hydrogen-bond acceptors (Lipinski definition) is 2. The molecule has 6 heteroatoms. The van der Waals surface area contributed by atoms with E-state index in [-0.39, 0.29) is 5.56 Å². The van der Waals surface area contributed by atoms with Crippen LogP contribution in [0, 0.1) is 0 Å². The fraction of sp³-hybridized carbons (Fsp3) is 0.400. The van der Waals surface area contributed by atoms with Crippen molar-refractivity contribution in [3.8, 4) is 0 Å². The van der Waals surface area contributed by atoms with Crippen LogP contribution in [0.2, 0.25) is 0 Å². The zero-order valence-corrected chi connectivity index (χ0v) is 9.72. The average molecular weight is 299 g/mol. The molecule has 0 radical (unpaired) electrons. The molecule has 0 saturated heterocycles. The van der Waals surface area contributed by atoms with Gasteiger partial charge in [0.15, 0.2) is 0 Å². The third kappa shape index (κ3) is 3.77. The van der Waals surface area contributed by atoms with E-state index in [2.05, 4.69) is 15.9 Å². The van der Waals surface area contributed by atoms with Crippen LogP contribution in [-0.4, -0.2) is 16.4 Å². The molecule has 0 spiro atoms. The first kappa shape index (κ1) is 13.5. The maximum Gasteiger partial charge on any atom is 0.391 e. The standard InChI is InChI=1S/C10H10BrF3O2/c11-7-2-1-6(5-15)8(3-7)9(16)4-10(12,13)14/h1-3,9,15-16H,4-5H2. The SMILES string of the molecule is OCc1ccc(Br)cc1C(O)CC(F)(F)F. The minimum atomic E-state index is -4.44. The third-order valence-corrected chi connectivity index (χ3v) is 2.56. The van der Waals surface area contributed by atoms with Crippen LogP contribution in [0.4, 0.5) is 13.2 Å². The van der Waals surface area contributed by atoms with Crippen molar-refractivity contribution in [2.75, 3.05) is 0 Å². The fourth-order valence-corrected chi connectivity index (χ4v) is 1.73. The van der Waals surface area contributed by atoms with Crippen LogP contribution >= 0.6 is 15.9 Å². The summed E-state index contributed by atoms with van der Waals surface area (Å²) in [5.74, 6) is 0. The summed E-state index contributed by atoms with van der Waals surface area (Å²) in [5, 5.41) is 18.4.